The number of benzene rings is 1. The Labute approximate surface area is 102 Å². The Hall–Kier alpha value is -1.55. The molecule has 4 heteroatoms. The molecule has 0 aliphatic rings. The van der Waals surface area contributed by atoms with Gasteiger partial charge in [0.2, 0.25) is 0 Å². The molecule has 0 unspecified atom stereocenters. The third-order valence-electron chi connectivity index (χ3n) is 2.59. The molecule has 1 amide bonds. The van der Waals surface area contributed by atoms with Crippen LogP contribution in [0.15, 0.2) is 18.2 Å². The summed E-state index contributed by atoms with van der Waals surface area (Å²) in [6.45, 7) is 6.19. The van der Waals surface area contributed by atoms with Gasteiger partial charge in [-0.15, -0.1) is 0 Å². The van der Waals surface area contributed by atoms with Crippen LogP contribution in [0, 0.1) is 6.92 Å². The predicted octanol–water partition coefficient (Wildman–Crippen LogP) is 1.73. The number of nitrogen functional groups attached to an aromatic ring is 1. The van der Waals surface area contributed by atoms with Crippen LogP contribution in [-0.2, 0) is 4.74 Å². The Morgan fingerprint density at radius 2 is 2.06 bits per heavy atom. The molecule has 0 bridgehead atoms. The number of nitrogens with two attached hydrogens (primary N) is 1. The fourth-order valence-electron chi connectivity index (χ4n) is 1.41. The van der Waals surface area contributed by atoms with Crippen molar-refractivity contribution >= 4 is 11.6 Å². The van der Waals surface area contributed by atoms with E-state index in [4.69, 9.17) is 10.5 Å². The highest BCUT2D eigenvalue weighted by Crippen LogP contribution is 2.12. The van der Waals surface area contributed by atoms with Crippen LogP contribution in [-0.4, -0.2) is 25.2 Å². The lowest BCUT2D eigenvalue weighted by atomic mass is 10.1. The fraction of sp³-hybridized carbons (Fsp3) is 0.462. The van der Waals surface area contributed by atoms with Gasteiger partial charge in [0.25, 0.3) is 5.91 Å². The van der Waals surface area contributed by atoms with Crippen LogP contribution >= 0.6 is 0 Å². The number of carbonyl (C=O) groups excluding carboxylic acids is 1. The van der Waals surface area contributed by atoms with Crippen molar-refractivity contribution in [1.29, 1.82) is 0 Å². The van der Waals surface area contributed by atoms with Crippen molar-refractivity contribution in [2.75, 3.05) is 19.4 Å². The van der Waals surface area contributed by atoms with E-state index in [1.807, 2.05) is 32.9 Å². The van der Waals surface area contributed by atoms with Gasteiger partial charge in [-0.25, -0.2) is 0 Å². The Morgan fingerprint density at radius 1 is 1.41 bits per heavy atom. The predicted molar refractivity (Wildman–Crippen MR) is 69.0 cm³/mol. The quantitative estimate of drug-likeness (QED) is 0.782. The van der Waals surface area contributed by atoms with Gasteiger partial charge in [-0.05, 0) is 44.5 Å². The number of aryl methyl sites for hydroxylation is 1. The number of amides is 1. The Bertz CT molecular complexity index is 394. The molecule has 0 aliphatic carbocycles. The maximum atomic E-state index is 11.9. The monoisotopic (exact) mass is 236 g/mol. The lowest BCUT2D eigenvalue weighted by Crippen LogP contribution is -2.39. The van der Waals surface area contributed by atoms with Crippen LogP contribution in [0.4, 0.5) is 5.69 Å². The molecule has 0 atom stereocenters. The van der Waals surface area contributed by atoms with Crippen molar-refractivity contribution in [3.8, 4) is 0 Å². The molecule has 0 heterocycles. The molecule has 1 aromatic carbocycles. The van der Waals surface area contributed by atoms with E-state index >= 15 is 0 Å². The Balaban J connectivity index is 2.70. The van der Waals surface area contributed by atoms with Crippen LogP contribution in [0.1, 0.15) is 29.8 Å². The van der Waals surface area contributed by atoms with Gasteiger partial charge in [-0.2, -0.15) is 0 Å². The minimum Gasteiger partial charge on any atom is -0.399 e. The molecule has 3 N–H and O–H groups in total. The van der Waals surface area contributed by atoms with E-state index in [-0.39, 0.29) is 11.5 Å². The van der Waals surface area contributed by atoms with E-state index in [0.29, 0.717) is 17.8 Å². The summed E-state index contributed by atoms with van der Waals surface area (Å²) in [5.74, 6) is -0.134. The van der Waals surface area contributed by atoms with Crippen molar-refractivity contribution in [2.45, 2.75) is 26.4 Å². The van der Waals surface area contributed by atoms with Gasteiger partial charge in [0.05, 0.1) is 5.60 Å². The Kier molecular flexibility index (Phi) is 4.12. The number of anilines is 1. The first kappa shape index (κ1) is 13.5. The molecule has 1 rings (SSSR count). The minimum atomic E-state index is -0.370. The molecule has 0 saturated carbocycles. The summed E-state index contributed by atoms with van der Waals surface area (Å²) in [6.07, 6.45) is 0. The van der Waals surface area contributed by atoms with Crippen LogP contribution in [0.3, 0.4) is 0 Å². The maximum absolute atomic E-state index is 11.9. The number of hydrogen-bond donors (Lipinski definition) is 2. The second kappa shape index (κ2) is 5.19. The first-order valence-corrected chi connectivity index (χ1v) is 5.54. The third kappa shape index (κ3) is 4.07. The van der Waals surface area contributed by atoms with E-state index in [9.17, 15) is 4.79 Å². The van der Waals surface area contributed by atoms with Crippen LogP contribution < -0.4 is 11.1 Å². The molecule has 17 heavy (non-hydrogen) atoms. The van der Waals surface area contributed by atoms with Gasteiger partial charge in [-0.3, -0.25) is 4.79 Å². The highest BCUT2D eigenvalue weighted by Gasteiger charge is 2.18. The first-order chi connectivity index (χ1) is 7.84. The summed E-state index contributed by atoms with van der Waals surface area (Å²) < 4.78 is 5.23. The van der Waals surface area contributed by atoms with E-state index in [2.05, 4.69) is 5.32 Å². The summed E-state index contributed by atoms with van der Waals surface area (Å²) in [5, 5.41) is 2.83. The molecular formula is C13H20N2O2. The molecule has 0 fully saturated rings. The number of carbonyl (C=O) groups is 1. The van der Waals surface area contributed by atoms with Gasteiger partial charge in [0.15, 0.2) is 0 Å². The van der Waals surface area contributed by atoms with Gasteiger partial charge in [0, 0.05) is 24.9 Å². The van der Waals surface area contributed by atoms with Gasteiger partial charge in [0.1, 0.15) is 0 Å². The zero-order valence-electron chi connectivity index (χ0n) is 10.8. The Morgan fingerprint density at radius 3 is 2.59 bits per heavy atom. The number of nitrogens with one attached hydrogen (secondary N) is 1. The van der Waals surface area contributed by atoms with Crippen molar-refractivity contribution in [2.24, 2.45) is 0 Å². The van der Waals surface area contributed by atoms with Gasteiger partial charge >= 0.3 is 0 Å². The van der Waals surface area contributed by atoms with Gasteiger partial charge < -0.3 is 15.8 Å². The standard InChI is InChI=1S/C13H20N2O2/c1-9-5-10(7-11(14)6-9)12(16)15-8-13(2,3)17-4/h5-7H,8,14H2,1-4H3,(H,15,16). The van der Waals surface area contributed by atoms with Crippen molar-refractivity contribution in [1.82, 2.24) is 5.32 Å². The van der Waals surface area contributed by atoms with Crippen molar-refractivity contribution < 1.29 is 9.53 Å². The molecule has 1 aromatic rings. The van der Waals surface area contributed by atoms with Crippen molar-refractivity contribution in [3.63, 3.8) is 0 Å². The second-order valence-corrected chi connectivity index (χ2v) is 4.78. The molecule has 4 nitrogen and oxygen atoms in total. The highest BCUT2D eigenvalue weighted by atomic mass is 16.5. The summed E-state index contributed by atoms with van der Waals surface area (Å²) in [4.78, 5) is 11.9. The van der Waals surface area contributed by atoms with Crippen LogP contribution in [0.25, 0.3) is 0 Å². The third-order valence-corrected chi connectivity index (χ3v) is 2.59. The lowest BCUT2D eigenvalue weighted by Gasteiger charge is -2.23. The summed E-state index contributed by atoms with van der Waals surface area (Å²) in [6, 6.07) is 5.31. The zero-order chi connectivity index (χ0) is 13.1. The van der Waals surface area contributed by atoms with E-state index in [1.165, 1.54) is 0 Å². The largest absolute Gasteiger partial charge is 0.399 e. The molecule has 0 spiro atoms. The fourth-order valence-corrected chi connectivity index (χ4v) is 1.41. The molecule has 0 saturated heterocycles. The molecular weight excluding hydrogens is 216 g/mol. The van der Waals surface area contributed by atoms with E-state index < -0.39 is 0 Å². The summed E-state index contributed by atoms with van der Waals surface area (Å²) in [5.41, 5.74) is 7.48. The second-order valence-electron chi connectivity index (χ2n) is 4.78. The summed E-state index contributed by atoms with van der Waals surface area (Å²) >= 11 is 0. The number of rotatable bonds is 4. The van der Waals surface area contributed by atoms with Crippen molar-refractivity contribution in [3.05, 3.63) is 29.3 Å². The number of hydrogen-bond acceptors (Lipinski definition) is 3. The lowest BCUT2D eigenvalue weighted by molar-refractivity contribution is 0.0229. The van der Waals surface area contributed by atoms with Gasteiger partial charge in [-0.1, -0.05) is 0 Å². The topological polar surface area (TPSA) is 64.3 Å². The molecule has 0 aliphatic heterocycles. The molecule has 0 radical (unpaired) electrons. The minimum absolute atomic E-state index is 0.134. The smallest absolute Gasteiger partial charge is 0.251 e. The molecule has 94 valence electrons. The summed E-state index contributed by atoms with van der Waals surface area (Å²) in [7, 11) is 1.62. The molecule has 0 aromatic heterocycles. The maximum Gasteiger partial charge on any atom is 0.251 e. The zero-order valence-corrected chi connectivity index (χ0v) is 10.8. The first-order valence-electron chi connectivity index (χ1n) is 5.54. The van der Waals surface area contributed by atoms with E-state index in [0.717, 1.165) is 5.56 Å². The van der Waals surface area contributed by atoms with Crippen LogP contribution in [0.2, 0.25) is 0 Å². The average molecular weight is 236 g/mol. The van der Waals surface area contributed by atoms with E-state index in [1.54, 1.807) is 13.2 Å². The number of methoxy groups -OCH3 is 1. The SMILES string of the molecule is COC(C)(C)CNC(=O)c1cc(C)cc(N)c1. The van der Waals surface area contributed by atoms with Crippen LogP contribution in [0.5, 0.6) is 0 Å². The normalized spacial score (nSPS) is 11.3. The average Bonchev–Trinajstić information content (AvgIpc) is 2.24. The highest BCUT2D eigenvalue weighted by molar-refractivity contribution is 5.95. The number of ether oxygens (including phenoxy) is 1.